The second-order valence-corrected chi connectivity index (χ2v) is 6.08. The summed E-state index contributed by atoms with van der Waals surface area (Å²) in [5, 5.41) is 8.89. The van der Waals surface area contributed by atoms with Crippen LogP contribution in [-0.2, 0) is 6.54 Å². The SMILES string of the molecule is Cc1[nH]nc2c1c(=O)n(CCCN)c1cc(I)ccc21. The van der Waals surface area contributed by atoms with E-state index in [9.17, 15) is 4.79 Å². The van der Waals surface area contributed by atoms with Crippen LogP contribution < -0.4 is 11.3 Å². The maximum absolute atomic E-state index is 12.7. The van der Waals surface area contributed by atoms with Gasteiger partial charge in [-0.15, -0.1) is 0 Å². The molecule has 3 aromatic rings. The van der Waals surface area contributed by atoms with E-state index in [0.717, 1.165) is 32.1 Å². The van der Waals surface area contributed by atoms with E-state index >= 15 is 0 Å². The number of aromatic nitrogens is 3. The van der Waals surface area contributed by atoms with Crippen molar-refractivity contribution in [3.63, 3.8) is 0 Å². The molecule has 1 aromatic carbocycles. The molecule has 0 unspecified atom stereocenters. The van der Waals surface area contributed by atoms with Gasteiger partial charge in [0.1, 0.15) is 5.52 Å². The van der Waals surface area contributed by atoms with E-state index in [4.69, 9.17) is 5.73 Å². The molecule has 0 aliphatic rings. The summed E-state index contributed by atoms with van der Waals surface area (Å²) in [6.07, 6.45) is 0.781. The van der Waals surface area contributed by atoms with E-state index in [0.29, 0.717) is 18.5 Å². The van der Waals surface area contributed by atoms with Gasteiger partial charge in [-0.05, 0) is 60.7 Å². The lowest BCUT2D eigenvalue weighted by Gasteiger charge is -2.11. The predicted molar refractivity (Wildman–Crippen MR) is 89.0 cm³/mol. The van der Waals surface area contributed by atoms with Gasteiger partial charge in [-0.25, -0.2) is 0 Å². The first-order valence-corrected chi connectivity index (χ1v) is 7.58. The molecule has 20 heavy (non-hydrogen) atoms. The Balaban J connectivity index is 2.47. The zero-order chi connectivity index (χ0) is 14.3. The van der Waals surface area contributed by atoms with Crippen molar-refractivity contribution >= 4 is 44.4 Å². The summed E-state index contributed by atoms with van der Waals surface area (Å²) in [7, 11) is 0. The fourth-order valence-electron chi connectivity index (χ4n) is 2.53. The third-order valence-corrected chi connectivity index (χ3v) is 4.17. The highest BCUT2D eigenvalue weighted by Gasteiger charge is 2.15. The second kappa shape index (κ2) is 5.17. The normalized spacial score (nSPS) is 11.6. The molecule has 2 heterocycles. The first-order valence-electron chi connectivity index (χ1n) is 6.50. The van der Waals surface area contributed by atoms with Gasteiger partial charge in [0.05, 0.1) is 10.9 Å². The fourth-order valence-corrected chi connectivity index (χ4v) is 3.00. The molecule has 3 N–H and O–H groups in total. The van der Waals surface area contributed by atoms with E-state index in [2.05, 4.69) is 32.8 Å². The van der Waals surface area contributed by atoms with Crippen LogP contribution in [-0.4, -0.2) is 21.3 Å². The quantitative estimate of drug-likeness (QED) is 0.682. The lowest BCUT2D eigenvalue weighted by Crippen LogP contribution is -2.22. The molecule has 104 valence electrons. The van der Waals surface area contributed by atoms with Crippen LogP contribution in [0.2, 0.25) is 0 Å². The Morgan fingerprint density at radius 2 is 2.25 bits per heavy atom. The molecule has 5 nitrogen and oxygen atoms in total. The van der Waals surface area contributed by atoms with E-state index in [1.165, 1.54) is 0 Å². The van der Waals surface area contributed by atoms with Crippen molar-refractivity contribution in [2.75, 3.05) is 6.54 Å². The number of halogens is 1. The monoisotopic (exact) mass is 382 g/mol. The summed E-state index contributed by atoms with van der Waals surface area (Å²) < 4.78 is 2.91. The minimum Gasteiger partial charge on any atom is -0.330 e. The number of fused-ring (bicyclic) bond motifs is 3. The Bertz CT molecular complexity index is 850. The number of rotatable bonds is 3. The number of benzene rings is 1. The molecule has 6 heteroatoms. The molecule has 0 aliphatic carbocycles. The highest BCUT2D eigenvalue weighted by molar-refractivity contribution is 14.1. The van der Waals surface area contributed by atoms with E-state index in [1.54, 1.807) is 0 Å². The van der Waals surface area contributed by atoms with Gasteiger partial charge in [0.25, 0.3) is 5.56 Å². The maximum atomic E-state index is 12.7. The molecule has 0 atom stereocenters. The molecule has 3 rings (SSSR count). The number of nitrogens with one attached hydrogen (secondary N) is 1. The zero-order valence-corrected chi connectivity index (χ0v) is 13.3. The van der Waals surface area contributed by atoms with Crippen molar-refractivity contribution in [1.29, 1.82) is 0 Å². The lowest BCUT2D eigenvalue weighted by molar-refractivity contribution is 0.654. The Morgan fingerprint density at radius 3 is 3.00 bits per heavy atom. The molecule has 0 radical (unpaired) electrons. The summed E-state index contributed by atoms with van der Waals surface area (Å²) >= 11 is 2.25. The van der Waals surface area contributed by atoms with Gasteiger partial charge >= 0.3 is 0 Å². The van der Waals surface area contributed by atoms with Crippen molar-refractivity contribution in [2.45, 2.75) is 19.9 Å². The van der Waals surface area contributed by atoms with E-state index < -0.39 is 0 Å². The van der Waals surface area contributed by atoms with Crippen molar-refractivity contribution in [3.05, 3.63) is 37.8 Å². The summed E-state index contributed by atoms with van der Waals surface area (Å²) in [5.41, 5.74) is 8.09. The smallest absolute Gasteiger partial charge is 0.262 e. The minimum absolute atomic E-state index is 0.00852. The van der Waals surface area contributed by atoms with E-state index in [-0.39, 0.29) is 5.56 Å². The van der Waals surface area contributed by atoms with Crippen molar-refractivity contribution < 1.29 is 0 Å². The Morgan fingerprint density at radius 1 is 1.45 bits per heavy atom. The van der Waals surface area contributed by atoms with Gasteiger partial charge in [0, 0.05) is 21.2 Å². The first kappa shape index (κ1) is 13.6. The first-order chi connectivity index (χ1) is 9.63. The van der Waals surface area contributed by atoms with Crippen LogP contribution in [0.25, 0.3) is 21.8 Å². The number of nitrogens with zero attached hydrogens (tertiary/aromatic N) is 2. The van der Waals surface area contributed by atoms with Gasteiger partial charge in [0.15, 0.2) is 0 Å². The number of nitrogens with two attached hydrogens (primary N) is 1. The predicted octanol–water partition coefficient (Wildman–Crippen LogP) is 2.14. The van der Waals surface area contributed by atoms with Crippen LogP contribution in [0.5, 0.6) is 0 Å². The molecular weight excluding hydrogens is 367 g/mol. The molecule has 0 saturated carbocycles. The van der Waals surface area contributed by atoms with Crippen molar-refractivity contribution in [1.82, 2.24) is 14.8 Å². The van der Waals surface area contributed by atoms with Crippen molar-refractivity contribution in [2.24, 2.45) is 5.73 Å². The zero-order valence-electron chi connectivity index (χ0n) is 11.1. The molecule has 2 aromatic heterocycles. The van der Waals surface area contributed by atoms with Crippen LogP contribution in [0, 0.1) is 10.5 Å². The number of aryl methyl sites for hydroxylation is 2. The number of pyridine rings is 1. The number of hydrogen-bond acceptors (Lipinski definition) is 3. The lowest BCUT2D eigenvalue weighted by atomic mass is 10.1. The Hall–Kier alpha value is -1.41. The standard InChI is InChI=1S/C14H15IN4O/c1-8-12-13(18-17-8)10-4-3-9(15)7-11(10)19(14(12)20)6-2-5-16/h3-4,7H,2,5-6,16H2,1H3,(H,17,18). The molecule has 0 aliphatic heterocycles. The van der Waals surface area contributed by atoms with Crippen molar-refractivity contribution in [3.8, 4) is 0 Å². The highest BCUT2D eigenvalue weighted by Crippen LogP contribution is 2.24. The van der Waals surface area contributed by atoms with Crippen LogP contribution >= 0.6 is 22.6 Å². The van der Waals surface area contributed by atoms with Crippen LogP contribution in [0.4, 0.5) is 0 Å². The molecular formula is C14H15IN4O. The summed E-state index contributed by atoms with van der Waals surface area (Å²) in [6.45, 7) is 3.08. The minimum atomic E-state index is 0.00852. The molecule has 0 amide bonds. The van der Waals surface area contributed by atoms with Gasteiger partial charge < -0.3 is 10.3 Å². The Kier molecular flexibility index (Phi) is 3.51. The summed E-state index contributed by atoms with van der Waals surface area (Å²) in [5.74, 6) is 0. The topological polar surface area (TPSA) is 76.7 Å². The molecule has 0 saturated heterocycles. The number of aromatic amines is 1. The second-order valence-electron chi connectivity index (χ2n) is 4.83. The fraction of sp³-hybridized carbons (Fsp3) is 0.286. The third-order valence-electron chi connectivity index (χ3n) is 3.50. The summed E-state index contributed by atoms with van der Waals surface area (Å²) in [6, 6.07) is 6.08. The van der Waals surface area contributed by atoms with E-state index in [1.807, 2.05) is 29.7 Å². The largest absolute Gasteiger partial charge is 0.330 e. The van der Waals surface area contributed by atoms with Gasteiger partial charge in [-0.1, -0.05) is 0 Å². The number of hydrogen-bond donors (Lipinski definition) is 2. The average Bonchev–Trinajstić information content (AvgIpc) is 2.81. The Labute approximate surface area is 129 Å². The summed E-state index contributed by atoms with van der Waals surface area (Å²) in [4.78, 5) is 12.7. The molecule has 0 bridgehead atoms. The molecule has 0 fully saturated rings. The van der Waals surface area contributed by atoms with Crippen LogP contribution in [0.1, 0.15) is 12.1 Å². The van der Waals surface area contributed by atoms with Gasteiger partial charge in [0.2, 0.25) is 0 Å². The van der Waals surface area contributed by atoms with Crippen LogP contribution in [0.3, 0.4) is 0 Å². The maximum Gasteiger partial charge on any atom is 0.262 e. The number of H-pyrrole nitrogens is 1. The molecule has 0 spiro atoms. The van der Waals surface area contributed by atoms with Gasteiger partial charge in [-0.2, -0.15) is 5.10 Å². The highest BCUT2D eigenvalue weighted by atomic mass is 127. The third kappa shape index (κ3) is 2.03. The van der Waals surface area contributed by atoms with Gasteiger partial charge in [-0.3, -0.25) is 9.89 Å². The average molecular weight is 382 g/mol. The van der Waals surface area contributed by atoms with Crippen LogP contribution in [0.15, 0.2) is 23.0 Å².